The standard InChI is InChI=1S/C21H31N5O.C2H6O/c1-14-4-5-19-15(11-14)12-18(20(22)23)21(25-19)26-8-6-16(7-9-26)24-17-3-2-10-27-13-17;1-2-3/h4-5,11-12,16-17,20,24H,2-3,6-10,13,22-23H2,1H3;3H,2H2,1H3. The van der Waals surface area contributed by atoms with Crippen LogP contribution in [0.5, 0.6) is 0 Å². The number of hydrogen-bond acceptors (Lipinski definition) is 7. The Morgan fingerprint density at radius 1 is 1.20 bits per heavy atom. The largest absolute Gasteiger partial charge is 0.397 e. The van der Waals surface area contributed by atoms with E-state index in [4.69, 9.17) is 26.3 Å². The second-order valence-corrected chi connectivity index (χ2v) is 8.28. The third kappa shape index (κ3) is 5.89. The first-order valence-corrected chi connectivity index (χ1v) is 11.1. The fourth-order valence-electron chi connectivity index (χ4n) is 4.26. The van der Waals surface area contributed by atoms with Crippen LogP contribution in [-0.4, -0.2) is 55.1 Å². The number of benzene rings is 1. The van der Waals surface area contributed by atoms with Gasteiger partial charge in [0.05, 0.1) is 18.3 Å². The third-order valence-electron chi connectivity index (χ3n) is 5.76. The van der Waals surface area contributed by atoms with Crippen LogP contribution in [0.4, 0.5) is 5.82 Å². The molecule has 3 heterocycles. The molecule has 7 nitrogen and oxygen atoms in total. The molecule has 1 atom stereocenters. The van der Waals surface area contributed by atoms with Crippen molar-refractivity contribution >= 4 is 16.7 Å². The van der Waals surface area contributed by atoms with E-state index in [2.05, 4.69) is 41.4 Å². The number of fused-ring (bicyclic) bond motifs is 1. The number of aromatic nitrogens is 1. The second-order valence-electron chi connectivity index (χ2n) is 8.28. The molecule has 0 saturated carbocycles. The number of pyridine rings is 1. The van der Waals surface area contributed by atoms with Crippen molar-refractivity contribution in [3.8, 4) is 0 Å². The van der Waals surface area contributed by atoms with Gasteiger partial charge in [0, 0.05) is 49.3 Å². The van der Waals surface area contributed by atoms with E-state index in [0.29, 0.717) is 12.1 Å². The van der Waals surface area contributed by atoms with Crippen molar-refractivity contribution in [3.63, 3.8) is 0 Å². The van der Waals surface area contributed by atoms with Gasteiger partial charge in [-0.1, -0.05) is 11.6 Å². The Labute approximate surface area is 179 Å². The number of nitrogens with zero attached hydrogens (tertiary/aromatic N) is 2. The van der Waals surface area contributed by atoms with Crippen LogP contribution in [0.25, 0.3) is 10.9 Å². The van der Waals surface area contributed by atoms with Gasteiger partial charge >= 0.3 is 0 Å². The zero-order valence-electron chi connectivity index (χ0n) is 18.3. The molecule has 0 spiro atoms. The zero-order valence-corrected chi connectivity index (χ0v) is 18.3. The molecular weight excluding hydrogens is 378 g/mol. The molecule has 0 aliphatic carbocycles. The van der Waals surface area contributed by atoms with E-state index in [1.807, 2.05) is 0 Å². The van der Waals surface area contributed by atoms with E-state index in [0.717, 1.165) is 67.8 Å². The van der Waals surface area contributed by atoms with Crippen molar-refractivity contribution in [2.24, 2.45) is 11.5 Å². The van der Waals surface area contributed by atoms with Gasteiger partial charge in [-0.2, -0.15) is 0 Å². The first-order chi connectivity index (χ1) is 14.5. The summed E-state index contributed by atoms with van der Waals surface area (Å²) in [5.41, 5.74) is 15.3. The molecule has 0 radical (unpaired) electrons. The molecule has 2 aliphatic rings. The number of aliphatic hydroxyl groups excluding tert-OH is 1. The number of piperidine rings is 1. The number of aryl methyl sites for hydroxylation is 1. The van der Waals surface area contributed by atoms with E-state index in [9.17, 15) is 0 Å². The van der Waals surface area contributed by atoms with E-state index >= 15 is 0 Å². The Balaban J connectivity index is 0.000000806. The maximum Gasteiger partial charge on any atom is 0.135 e. The van der Waals surface area contributed by atoms with Crippen LogP contribution >= 0.6 is 0 Å². The van der Waals surface area contributed by atoms with Gasteiger partial charge in [-0.05, 0) is 57.7 Å². The van der Waals surface area contributed by atoms with Crippen LogP contribution in [0.15, 0.2) is 24.3 Å². The van der Waals surface area contributed by atoms with Crippen LogP contribution in [-0.2, 0) is 4.74 Å². The highest BCUT2D eigenvalue weighted by Gasteiger charge is 2.25. The molecule has 30 heavy (non-hydrogen) atoms. The minimum atomic E-state index is -0.521. The summed E-state index contributed by atoms with van der Waals surface area (Å²) in [6.45, 7) is 7.71. The lowest BCUT2D eigenvalue weighted by Gasteiger charge is -2.37. The Hall–Kier alpha value is -1.77. The zero-order chi connectivity index (χ0) is 21.5. The van der Waals surface area contributed by atoms with Gasteiger partial charge in [0.15, 0.2) is 0 Å². The molecule has 2 saturated heterocycles. The van der Waals surface area contributed by atoms with Crippen molar-refractivity contribution in [2.45, 2.75) is 57.8 Å². The molecule has 1 aromatic carbocycles. The van der Waals surface area contributed by atoms with Crippen LogP contribution in [0.1, 0.15) is 49.9 Å². The lowest BCUT2D eigenvalue weighted by Crippen LogP contribution is -2.49. The van der Waals surface area contributed by atoms with E-state index in [-0.39, 0.29) is 6.61 Å². The number of nitrogens with one attached hydrogen (secondary N) is 1. The van der Waals surface area contributed by atoms with Crippen LogP contribution in [0.3, 0.4) is 0 Å². The lowest BCUT2D eigenvalue weighted by atomic mass is 10.0. The molecule has 7 heteroatoms. The minimum absolute atomic E-state index is 0.250. The number of nitrogens with two attached hydrogens (primary N) is 2. The average Bonchev–Trinajstić information content (AvgIpc) is 2.74. The van der Waals surface area contributed by atoms with Gasteiger partial charge in [0.2, 0.25) is 0 Å². The Morgan fingerprint density at radius 2 is 1.93 bits per heavy atom. The maximum atomic E-state index is 7.57. The molecule has 0 amide bonds. The highest BCUT2D eigenvalue weighted by molar-refractivity contribution is 5.82. The second kappa shape index (κ2) is 11.0. The van der Waals surface area contributed by atoms with Crippen molar-refractivity contribution in [1.29, 1.82) is 0 Å². The normalized spacial score (nSPS) is 20.3. The van der Waals surface area contributed by atoms with Gasteiger partial charge in [-0.3, -0.25) is 0 Å². The number of ether oxygens (including phenoxy) is 1. The molecule has 1 unspecified atom stereocenters. The molecule has 166 valence electrons. The van der Waals surface area contributed by atoms with Gasteiger partial charge in [0.25, 0.3) is 0 Å². The molecule has 0 bridgehead atoms. The fourth-order valence-corrected chi connectivity index (χ4v) is 4.26. The van der Waals surface area contributed by atoms with Gasteiger partial charge in [-0.15, -0.1) is 0 Å². The van der Waals surface area contributed by atoms with Crippen molar-refractivity contribution in [1.82, 2.24) is 10.3 Å². The van der Waals surface area contributed by atoms with E-state index in [1.54, 1.807) is 6.92 Å². The predicted octanol–water partition coefficient (Wildman–Crippen LogP) is 2.20. The minimum Gasteiger partial charge on any atom is -0.397 e. The molecule has 1 aromatic heterocycles. The molecule has 2 aromatic rings. The summed E-state index contributed by atoms with van der Waals surface area (Å²) in [5, 5.41) is 12.5. The maximum absolute atomic E-state index is 7.57. The summed E-state index contributed by atoms with van der Waals surface area (Å²) in [4.78, 5) is 7.27. The number of aliphatic hydroxyl groups is 1. The van der Waals surface area contributed by atoms with Gasteiger partial charge < -0.3 is 31.5 Å². The predicted molar refractivity (Wildman–Crippen MR) is 123 cm³/mol. The summed E-state index contributed by atoms with van der Waals surface area (Å²) in [7, 11) is 0. The first-order valence-electron chi connectivity index (χ1n) is 11.1. The smallest absolute Gasteiger partial charge is 0.135 e. The number of anilines is 1. The highest BCUT2D eigenvalue weighted by atomic mass is 16.5. The monoisotopic (exact) mass is 415 g/mol. The molecule has 2 aliphatic heterocycles. The topological polar surface area (TPSA) is 110 Å². The van der Waals surface area contributed by atoms with E-state index < -0.39 is 6.17 Å². The lowest BCUT2D eigenvalue weighted by molar-refractivity contribution is 0.0650. The van der Waals surface area contributed by atoms with Crippen LogP contribution < -0.4 is 21.7 Å². The summed E-state index contributed by atoms with van der Waals surface area (Å²) >= 11 is 0. The molecular formula is C23H37N5O2. The van der Waals surface area contributed by atoms with E-state index in [1.165, 1.54) is 12.0 Å². The summed E-state index contributed by atoms with van der Waals surface area (Å²) < 4.78 is 5.59. The number of hydrogen-bond donors (Lipinski definition) is 4. The van der Waals surface area contributed by atoms with Crippen molar-refractivity contribution in [2.75, 3.05) is 37.8 Å². The molecule has 2 fully saturated rings. The first kappa shape index (κ1) is 22.9. The average molecular weight is 416 g/mol. The SMILES string of the molecule is CCO.Cc1ccc2nc(N3CCC(NC4CCCOC4)CC3)c(C(N)N)cc2c1. The number of rotatable bonds is 4. The Bertz CT molecular complexity index is 800. The Morgan fingerprint density at radius 3 is 2.57 bits per heavy atom. The van der Waals surface area contributed by atoms with Crippen molar-refractivity contribution < 1.29 is 9.84 Å². The summed E-state index contributed by atoms with van der Waals surface area (Å²) in [6, 6.07) is 9.48. The summed E-state index contributed by atoms with van der Waals surface area (Å²) in [5.74, 6) is 0.945. The quantitative estimate of drug-likeness (QED) is 0.567. The third-order valence-corrected chi connectivity index (χ3v) is 5.76. The highest BCUT2D eigenvalue weighted by Crippen LogP contribution is 2.29. The Kier molecular flexibility index (Phi) is 8.41. The summed E-state index contributed by atoms with van der Waals surface area (Å²) in [6.07, 6.45) is 4.06. The van der Waals surface area contributed by atoms with Crippen LogP contribution in [0, 0.1) is 6.92 Å². The van der Waals surface area contributed by atoms with Gasteiger partial charge in [0.1, 0.15) is 5.82 Å². The van der Waals surface area contributed by atoms with Gasteiger partial charge in [-0.25, -0.2) is 4.98 Å². The fraction of sp³-hybridized carbons (Fsp3) is 0.609. The van der Waals surface area contributed by atoms with Crippen molar-refractivity contribution in [3.05, 3.63) is 35.4 Å². The van der Waals surface area contributed by atoms with Crippen LogP contribution in [0.2, 0.25) is 0 Å². The molecule has 4 rings (SSSR count). The molecule has 6 N–H and O–H groups in total.